The van der Waals surface area contributed by atoms with Crippen molar-refractivity contribution < 1.29 is 14.3 Å². The summed E-state index contributed by atoms with van der Waals surface area (Å²) in [6.45, 7) is 10.0. The van der Waals surface area contributed by atoms with Crippen LogP contribution < -0.4 is 15.2 Å². The number of Topliss-reactive ketones (excluding diaryl/α,β-unsaturated/α-hetero) is 1. The van der Waals surface area contributed by atoms with Gasteiger partial charge in [-0.05, 0) is 42.2 Å². The van der Waals surface area contributed by atoms with Crippen molar-refractivity contribution in [2.24, 2.45) is 5.41 Å². The fourth-order valence-corrected chi connectivity index (χ4v) is 2.96. The fourth-order valence-electron chi connectivity index (χ4n) is 2.96. The van der Waals surface area contributed by atoms with Gasteiger partial charge in [-0.3, -0.25) is 4.79 Å². The molecule has 0 heterocycles. The van der Waals surface area contributed by atoms with Gasteiger partial charge >= 0.3 is 0 Å². The standard InChI is InChI=1S/C15H22O2.C9H13NO/c1-6-12-11(8-7-9-13(12)17-5)10-14(16)15(2,3)4;1-3-7-8(10)5-4-6-9(7)11-2/h7-9H,6,10H2,1-5H3;4-6H,3,10H2,1-2H3. The first-order valence-corrected chi connectivity index (χ1v) is 9.78. The molecule has 0 atom stereocenters. The van der Waals surface area contributed by atoms with E-state index < -0.39 is 0 Å². The summed E-state index contributed by atoms with van der Waals surface area (Å²) in [5, 5.41) is 0. The monoisotopic (exact) mass is 385 g/mol. The molecule has 0 unspecified atom stereocenters. The number of hydrogen-bond donors (Lipinski definition) is 1. The second kappa shape index (κ2) is 10.7. The predicted octanol–water partition coefficient (Wildman–Crippen LogP) is 5.26. The Bertz CT molecular complexity index is 776. The van der Waals surface area contributed by atoms with E-state index in [0.717, 1.165) is 46.7 Å². The number of nitrogens with two attached hydrogens (primary N) is 1. The highest BCUT2D eigenvalue weighted by Gasteiger charge is 2.22. The lowest BCUT2D eigenvalue weighted by molar-refractivity contribution is -0.125. The zero-order valence-corrected chi connectivity index (χ0v) is 18.4. The van der Waals surface area contributed by atoms with E-state index in [4.69, 9.17) is 15.2 Å². The van der Waals surface area contributed by atoms with Gasteiger partial charge in [0.2, 0.25) is 0 Å². The Morgan fingerprint density at radius 3 is 1.82 bits per heavy atom. The van der Waals surface area contributed by atoms with Crippen LogP contribution in [0, 0.1) is 5.41 Å². The van der Waals surface area contributed by atoms with Crippen molar-refractivity contribution in [2.75, 3.05) is 20.0 Å². The molecule has 2 aromatic carbocycles. The lowest BCUT2D eigenvalue weighted by atomic mass is 9.86. The largest absolute Gasteiger partial charge is 0.496 e. The van der Waals surface area contributed by atoms with Gasteiger partial charge in [0.25, 0.3) is 0 Å². The van der Waals surface area contributed by atoms with E-state index in [2.05, 4.69) is 13.8 Å². The molecule has 4 nitrogen and oxygen atoms in total. The van der Waals surface area contributed by atoms with Gasteiger partial charge in [-0.2, -0.15) is 0 Å². The SMILES string of the molecule is CCc1c(CC(=O)C(C)(C)C)cccc1OC.CCc1c(N)cccc1OC. The molecule has 2 rings (SSSR count). The van der Waals surface area contributed by atoms with Gasteiger partial charge < -0.3 is 15.2 Å². The van der Waals surface area contributed by atoms with Gasteiger partial charge in [0.1, 0.15) is 17.3 Å². The normalized spacial score (nSPS) is 10.7. The summed E-state index contributed by atoms with van der Waals surface area (Å²) < 4.78 is 10.5. The number of ether oxygens (including phenoxy) is 2. The molecular formula is C24H35NO3. The smallest absolute Gasteiger partial charge is 0.142 e. The van der Waals surface area contributed by atoms with Crippen molar-refractivity contribution in [3.05, 3.63) is 53.1 Å². The van der Waals surface area contributed by atoms with Crippen LogP contribution in [0.3, 0.4) is 0 Å². The molecule has 2 aromatic rings. The molecule has 0 aliphatic rings. The molecule has 0 aromatic heterocycles. The number of hydrogen-bond acceptors (Lipinski definition) is 4. The summed E-state index contributed by atoms with van der Waals surface area (Å²) in [6, 6.07) is 11.6. The molecule has 0 aliphatic carbocycles. The number of carbonyl (C=O) groups excluding carboxylic acids is 1. The third-order valence-corrected chi connectivity index (χ3v) is 4.73. The van der Waals surface area contributed by atoms with Crippen LogP contribution >= 0.6 is 0 Å². The summed E-state index contributed by atoms with van der Waals surface area (Å²) in [5.41, 5.74) is 9.58. The van der Waals surface area contributed by atoms with E-state index in [1.165, 1.54) is 0 Å². The van der Waals surface area contributed by atoms with Gasteiger partial charge in [-0.15, -0.1) is 0 Å². The van der Waals surface area contributed by atoms with Crippen molar-refractivity contribution in [2.45, 2.75) is 53.9 Å². The van der Waals surface area contributed by atoms with Crippen molar-refractivity contribution in [3.8, 4) is 11.5 Å². The average molecular weight is 386 g/mol. The maximum absolute atomic E-state index is 12.1. The molecule has 0 saturated heterocycles. The van der Waals surface area contributed by atoms with E-state index in [9.17, 15) is 4.79 Å². The van der Waals surface area contributed by atoms with Gasteiger partial charge in [0.15, 0.2) is 0 Å². The van der Waals surface area contributed by atoms with Crippen molar-refractivity contribution in [1.29, 1.82) is 0 Å². The molecule has 28 heavy (non-hydrogen) atoms. The highest BCUT2D eigenvalue weighted by Crippen LogP contribution is 2.26. The minimum absolute atomic E-state index is 0.264. The van der Waals surface area contributed by atoms with E-state index in [0.29, 0.717) is 6.42 Å². The van der Waals surface area contributed by atoms with Crippen LogP contribution in [-0.2, 0) is 24.1 Å². The second-order valence-electron chi connectivity index (χ2n) is 7.68. The minimum Gasteiger partial charge on any atom is -0.496 e. The molecule has 154 valence electrons. The molecule has 0 amide bonds. The highest BCUT2D eigenvalue weighted by molar-refractivity contribution is 5.86. The number of nitrogen functional groups attached to an aromatic ring is 1. The topological polar surface area (TPSA) is 61.5 Å². The number of carbonyl (C=O) groups is 1. The fraction of sp³-hybridized carbons (Fsp3) is 0.458. The zero-order valence-electron chi connectivity index (χ0n) is 18.4. The van der Waals surface area contributed by atoms with Crippen LogP contribution in [0.1, 0.15) is 51.3 Å². The van der Waals surface area contributed by atoms with E-state index >= 15 is 0 Å². The maximum atomic E-state index is 12.1. The number of rotatable bonds is 6. The predicted molar refractivity (Wildman–Crippen MR) is 117 cm³/mol. The molecule has 2 N–H and O–H groups in total. The lowest BCUT2D eigenvalue weighted by Gasteiger charge is -2.18. The average Bonchev–Trinajstić information content (AvgIpc) is 2.67. The number of methoxy groups -OCH3 is 2. The Morgan fingerprint density at radius 1 is 0.893 bits per heavy atom. The zero-order chi connectivity index (χ0) is 21.3. The third kappa shape index (κ3) is 6.29. The summed E-state index contributed by atoms with van der Waals surface area (Å²) >= 11 is 0. The number of benzene rings is 2. The number of anilines is 1. The molecule has 0 aliphatic heterocycles. The van der Waals surface area contributed by atoms with Crippen molar-refractivity contribution in [1.82, 2.24) is 0 Å². The third-order valence-electron chi connectivity index (χ3n) is 4.73. The van der Waals surface area contributed by atoms with Crippen LogP contribution in [0.15, 0.2) is 36.4 Å². The number of ketones is 1. The minimum atomic E-state index is -0.284. The van der Waals surface area contributed by atoms with Crippen molar-refractivity contribution >= 4 is 11.5 Å². The first kappa shape index (κ1) is 23.5. The van der Waals surface area contributed by atoms with Crippen LogP contribution in [0.4, 0.5) is 5.69 Å². The van der Waals surface area contributed by atoms with E-state index in [1.54, 1.807) is 14.2 Å². The molecule has 0 spiro atoms. The van der Waals surface area contributed by atoms with Crippen LogP contribution in [-0.4, -0.2) is 20.0 Å². The Balaban J connectivity index is 0.000000307. The van der Waals surface area contributed by atoms with Gasteiger partial charge in [-0.1, -0.05) is 52.8 Å². The second-order valence-corrected chi connectivity index (χ2v) is 7.68. The molecule has 0 radical (unpaired) electrons. The van der Waals surface area contributed by atoms with Crippen LogP contribution in [0.2, 0.25) is 0 Å². The van der Waals surface area contributed by atoms with Crippen LogP contribution in [0.25, 0.3) is 0 Å². The van der Waals surface area contributed by atoms with Gasteiger partial charge in [0.05, 0.1) is 14.2 Å². The first-order chi connectivity index (χ1) is 13.2. The lowest BCUT2D eigenvalue weighted by Crippen LogP contribution is -2.22. The molecule has 0 fully saturated rings. The Morgan fingerprint density at radius 2 is 1.39 bits per heavy atom. The summed E-state index contributed by atoms with van der Waals surface area (Å²) in [5.74, 6) is 2.03. The highest BCUT2D eigenvalue weighted by atomic mass is 16.5. The van der Waals surface area contributed by atoms with Crippen molar-refractivity contribution in [3.63, 3.8) is 0 Å². The summed E-state index contributed by atoms with van der Waals surface area (Å²) in [4.78, 5) is 12.1. The molecule has 0 saturated carbocycles. The Kier molecular flexibility index (Phi) is 9.04. The van der Waals surface area contributed by atoms with Gasteiger partial charge in [0, 0.05) is 23.1 Å². The quantitative estimate of drug-likeness (QED) is 0.690. The molecule has 0 bridgehead atoms. The Labute approximate surface area is 170 Å². The summed E-state index contributed by atoms with van der Waals surface area (Å²) in [7, 11) is 3.33. The van der Waals surface area contributed by atoms with E-state index in [1.807, 2.05) is 57.2 Å². The summed E-state index contributed by atoms with van der Waals surface area (Å²) in [6.07, 6.45) is 2.29. The first-order valence-electron chi connectivity index (χ1n) is 9.78. The van der Waals surface area contributed by atoms with E-state index in [-0.39, 0.29) is 11.2 Å². The molecular weight excluding hydrogens is 350 g/mol. The Hall–Kier alpha value is -2.49. The van der Waals surface area contributed by atoms with Gasteiger partial charge in [-0.25, -0.2) is 0 Å². The van der Waals surface area contributed by atoms with Crippen LogP contribution in [0.5, 0.6) is 11.5 Å². The maximum Gasteiger partial charge on any atom is 0.142 e. The molecule has 4 heteroatoms.